The van der Waals surface area contributed by atoms with Crippen molar-refractivity contribution in [3.63, 3.8) is 0 Å². The van der Waals surface area contributed by atoms with Gasteiger partial charge in [0.15, 0.2) is 9.84 Å². The zero-order valence-electron chi connectivity index (χ0n) is 12.5. The van der Waals surface area contributed by atoms with Gasteiger partial charge in [-0.3, -0.25) is 4.79 Å². The van der Waals surface area contributed by atoms with E-state index in [0.29, 0.717) is 25.9 Å². The monoisotopic (exact) mass is 337 g/mol. The molecule has 6 heteroatoms. The first-order valence-corrected chi connectivity index (χ1v) is 10.0. The van der Waals surface area contributed by atoms with E-state index >= 15 is 0 Å². The minimum Gasteiger partial charge on any atom is -0.341 e. The van der Waals surface area contributed by atoms with E-state index in [1.54, 1.807) is 23.2 Å². The van der Waals surface area contributed by atoms with Gasteiger partial charge in [0, 0.05) is 17.8 Å². The largest absolute Gasteiger partial charge is 0.341 e. The second-order valence-electron chi connectivity index (χ2n) is 5.78. The molecule has 0 aliphatic carbocycles. The average Bonchev–Trinajstić information content (AvgIpc) is 2.83. The van der Waals surface area contributed by atoms with Crippen LogP contribution in [0.25, 0.3) is 10.1 Å². The molecule has 0 radical (unpaired) electrons. The minimum atomic E-state index is -3.05. The Labute approximate surface area is 134 Å². The summed E-state index contributed by atoms with van der Waals surface area (Å²) >= 11 is 1.64. The summed E-state index contributed by atoms with van der Waals surface area (Å²) in [4.78, 5) is 14.2. The minimum absolute atomic E-state index is 0.0212. The van der Waals surface area contributed by atoms with Gasteiger partial charge in [0.1, 0.15) is 0 Å². The Morgan fingerprint density at radius 1 is 1.32 bits per heavy atom. The molecule has 1 aliphatic heterocycles. The number of nitrogens with zero attached hydrogens (tertiary/aromatic N) is 1. The van der Waals surface area contributed by atoms with Crippen LogP contribution in [0.4, 0.5) is 0 Å². The zero-order valence-corrected chi connectivity index (χ0v) is 14.1. The molecule has 0 spiro atoms. The maximum atomic E-state index is 12.5. The Balaban J connectivity index is 1.75. The van der Waals surface area contributed by atoms with E-state index in [-0.39, 0.29) is 16.9 Å². The van der Waals surface area contributed by atoms with E-state index in [0.717, 1.165) is 10.9 Å². The molecular formula is C16H19NO3S2. The first-order chi connectivity index (χ1) is 10.5. The third-order valence-corrected chi connectivity index (χ3v) is 7.55. The van der Waals surface area contributed by atoms with Crippen LogP contribution in [-0.4, -0.2) is 43.3 Å². The molecule has 118 valence electrons. The summed E-state index contributed by atoms with van der Waals surface area (Å²) in [7, 11) is -3.05. The number of fused-ring (bicyclic) bond motifs is 1. The number of rotatable bonds is 2. The van der Waals surface area contributed by atoms with Crippen molar-refractivity contribution in [3.8, 4) is 0 Å². The molecule has 3 rings (SSSR count). The fraction of sp³-hybridized carbons (Fsp3) is 0.438. The molecule has 0 saturated carbocycles. The van der Waals surface area contributed by atoms with Crippen molar-refractivity contribution in [2.45, 2.75) is 25.0 Å². The quantitative estimate of drug-likeness (QED) is 0.846. The van der Waals surface area contributed by atoms with Crippen molar-refractivity contribution >= 4 is 37.2 Å². The van der Waals surface area contributed by atoms with Gasteiger partial charge in [-0.1, -0.05) is 18.2 Å². The highest BCUT2D eigenvalue weighted by Gasteiger charge is 2.28. The molecule has 2 heterocycles. The summed E-state index contributed by atoms with van der Waals surface area (Å²) in [5.74, 6) is 0.0949. The number of hydrogen-bond acceptors (Lipinski definition) is 4. The third kappa shape index (κ3) is 3.03. The Morgan fingerprint density at radius 2 is 2.09 bits per heavy atom. The number of benzene rings is 1. The smallest absolute Gasteiger partial charge is 0.227 e. The lowest BCUT2D eigenvalue weighted by Gasteiger charge is -2.19. The molecule has 22 heavy (non-hydrogen) atoms. The van der Waals surface area contributed by atoms with Crippen molar-refractivity contribution in [1.29, 1.82) is 0 Å². The Kier molecular flexibility index (Phi) is 4.23. The third-order valence-electron chi connectivity index (χ3n) is 4.32. The highest BCUT2D eigenvalue weighted by Crippen LogP contribution is 2.26. The Bertz CT molecular complexity index is 795. The summed E-state index contributed by atoms with van der Waals surface area (Å²) in [5, 5.41) is 2.80. The van der Waals surface area contributed by atoms with E-state index in [2.05, 4.69) is 0 Å². The number of amides is 1. The molecule has 1 aliphatic rings. The lowest BCUT2D eigenvalue weighted by molar-refractivity contribution is -0.130. The van der Waals surface area contributed by atoms with Crippen molar-refractivity contribution in [2.24, 2.45) is 0 Å². The molecule has 1 aromatic heterocycles. The van der Waals surface area contributed by atoms with E-state index < -0.39 is 9.84 Å². The van der Waals surface area contributed by atoms with Crippen LogP contribution in [0.15, 0.2) is 29.6 Å². The average molecular weight is 337 g/mol. The van der Waals surface area contributed by atoms with Gasteiger partial charge in [-0.25, -0.2) is 8.42 Å². The van der Waals surface area contributed by atoms with E-state index in [1.807, 2.05) is 29.6 Å². The van der Waals surface area contributed by atoms with Gasteiger partial charge in [-0.15, -0.1) is 11.3 Å². The predicted octanol–water partition coefficient (Wildman–Crippen LogP) is 2.48. The number of thiophene rings is 1. The fourth-order valence-electron chi connectivity index (χ4n) is 2.76. The molecule has 1 aromatic carbocycles. The fourth-order valence-corrected chi connectivity index (χ4v) is 5.07. The van der Waals surface area contributed by atoms with Gasteiger partial charge in [0.2, 0.25) is 5.91 Å². The van der Waals surface area contributed by atoms with E-state index in [4.69, 9.17) is 0 Å². The summed E-state index contributed by atoms with van der Waals surface area (Å²) in [6.07, 6.45) is 0.872. The highest BCUT2D eigenvalue weighted by molar-refractivity contribution is 7.92. The van der Waals surface area contributed by atoms with Crippen LogP contribution < -0.4 is 0 Å². The molecule has 1 saturated heterocycles. The van der Waals surface area contributed by atoms with E-state index in [1.165, 1.54) is 4.70 Å². The lowest BCUT2D eigenvalue weighted by atomic mass is 10.1. The number of carbonyl (C=O) groups excluding carboxylic acids is 1. The van der Waals surface area contributed by atoms with Crippen LogP contribution >= 0.6 is 11.3 Å². The summed E-state index contributed by atoms with van der Waals surface area (Å²) in [5.41, 5.74) is 1.03. The molecule has 0 bridgehead atoms. The summed E-state index contributed by atoms with van der Waals surface area (Å²) < 4.78 is 25.0. The first-order valence-electron chi connectivity index (χ1n) is 7.42. The molecule has 1 unspecified atom stereocenters. The van der Waals surface area contributed by atoms with Crippen molar-refractivity contribution in [3.05, 3.63) is 35.2 Å². The topological polar surface area (TPSA) is 54.5 Å². The molecule has 1 fully saturated rings. The Morgan fingerprint density at radius 3 is 2.91 bits per heavy atom. The second-order valence-corrected chi connectivity index (χ2v) is 9.23. The SMILES string of the molecule is CC1CCN(C(=O)Cc2csc3ccccc23)CCS1(=O)=O. The van der Waals surface area contributed by atoms with E-state index in [9.17, 15) is 13.2 Å². The van der Waals surface area contributed by atoms with Crippen molar-refractivity contribution in [1.82, 2.24) is 4.90 Å². The zero-order chi connectivity index (χ0) is 15.7. The number of carbonyl (C=O) groups is 1. The number of hydrogen-bond donors (Lipinski definition) is 0. The van der Waals surface area contributed by atoms with Gasteiger partial charge >= 0.3 is 0 Å². The van der Waals surface area contributed by atoms with Crippen molar-refractivity contribution in [2.75, 3.05) is 18.8 Å². The van der Waals surface area contributed by atoms with Gasteiger partial charge in [-0.05, 0) is 35.7 Å². The molecule has 1 atom stereocenters. The normalized spacial score (nSPS) is 21.7. The molecule has 1 amide bonds. The van der Waals surface area contributed by atoms with Gasteiger partial charge in [-0.2, -0.15) is 0 Å². The Hall–Kier alpha value is -1.40. The van der Waals surface area contributed by atoms with Crippen LogP contribution in [0.1, 0.15) is 18.9 Å². The molecule has 0 N–H and O–H groups in total. The second kappa shape index (κ2) is 6.01. The molecular weight excluding hydrogens is 318 g/mol. The van der Waals surface area contributed by atoms with Gasteiger partial charge in [0.05, 0.1) is 17.4 Å². The molecule has 4 nitrogen and oxygen atoms in total. The van der Waals surface area contributed by atoms with Crippen molar-refractivity contribution < 1.29 is 13.2 Å². The summed E-state index contributed by atoms with van der Waals surface area (Å²) in [6, 6.07) is 8.05. The molecule has 2 aromatic rings. The predicted molar refractivity (Wildman–Crippen MR) is 90.0 cm³/mol. The van der Waals surface area contributed by atoms with Crippen LogP contribution in [0.2, 0.25) is 0 Å². The number of sulfone groups is 1. The summed E-state index contributed by atoms with van der Waals surface area (Å²) in [6.45, 7) is 2.57. The van der Waals surface area contributed by atoms with Crippen LogP contribution in [0, 0.1) is 0 Å². The van der Waals surface area contributed by atoms with Crippen LogP contribution in [-0.2, 0) is 21.1 Å². The van der Waals surface area contributed by atoms with Gasteiger partial charge in [0.25, 0.3) is 0 Å². The standard InChI is InChI=1S/C16H19NO3S2/c1-12-6-7-17(8-9-22(12,19)20)16(18)10-13-11-21-15-5-3-2-4-14(13)15/h2-5,11-12H,6-10H2,1H3. The highest BCUT2D eigenvalue weighted by atomic mass is 32.2. The lowest BCUT2D eigenvalue weighted by Crippen LogP contribution is -2.34. The van der Waals surface area contributed by atoms with Crippen LogP contribution in [0.5, 0.6) is 0 Å². The first kappa shape index (κ1) is 15.5. The van der Waals surface area contributed by atoms with Gasteiger partial charge < -0.3 is 4.90 Å². The maximum absolute atomic E-state index is 12.5. The maximum Gasteiger partial charge on any atom is 0.227 e. The van der Waals surface area contributed by atoms with Crippen LogP contribution in [0.3, 0.4) is 0 Å².